The maximum atomic E-state index is 11.2. The van der Waals surface area contributed by atoms with Crippen molar-refractivity contribution in [3.8, 4) is 0 Å². The molecule has 38 heavy (non-hydrogen) atoms. The van der Waals surface area contributed by atoms with Crippen molar-refractivity contribution in [2.45, 2.75) is 31.2 Å². The Labute approximate surface area is 242 Å². The number of allylic oxidation sites excluding steroid dienone is 2. The lowest BCUT2D eigenvalue weighted by Crippen LogP contribution is -2.36. The van der Waals surface area contributed by atoms with Gasteiger partial charge in [-0.05, 0) is 48.4 Å². The largest absolute Gasteiger partial charge is 0.748 e. The summed E-state index contributed by atoms with van der Waals surface area (Å²) in [5.74, 6) is -0.446. The first kappa shape index (κ1) is 29.5. The van der Waals surface area contributed by atoms with Crippen LogP contribution in [-0.4, -0.2) is 40.6 Å². The summed E-state index contributed by atoms with van der Waals surface area (Å²) in [6.07, 6.45) is 4.99. The molecule has 1 atom stereocenters. The Morgan fingerprint density at radius 2 is 1.97 bits per heavy atom. The van der Waals surface area contributed by atoms with E-state index < -0.39 is 27.2 Å². The number of nitrogens with zero attached hydrogens (tertiary/aromatic N) is 2. The van der Waals surface area contributed by atoms with Crippen LogP contribution in [0.15, 0.2) is 58.0 Å². The lowest BCUT2D eigenvalue weighted by Gasteiger charge is -2.20. The van der Waals surface area contributed by atoms with Crippen molar-refractivity contribution in [3.63, 3.8) is 0 Å². The molecule has 0 amide bonds. The number of rotatable bonds is 11. The van der Waals surface area contributed by atoms with Crippen molar-refractivity contribution >= 4 is 89.8 Å². The van der Waals surface area contributed by atoms with Crippen LogP contribution < -0.4 is 9.47 Å². The molecule has 8 nitrogen and oxygen atoms in total. The zero-order valence-corrected chi connectivity index (χ0v) is 24.9. The Hall–Kier alpha value is -1.48. The molecule has 1 aliphatic heterocycles. The first-order valence-electron chi connectivity index (χ1n) is 11.5. The number of hydrogen-bond donors (Lipinski definition) is 1. The molecule has 1 unspecified atom stereocenters. The zero-order valence-electron chi connectivity index (χ0n) is 20.1. The van der Waals surface area contributed by atoms with Gasteiger partial charge in [0.15, 0.2) is 6.54 Å². The van der Waals surface area contributed by atoms with Crippen LogP contribution in [0.3, 0.4) is 0 Å². The number of thiazole rings is 1. The first-order valence-corrected chi connectivity index (χ1v) is 16.5. The highest BCUT2D eigenvalue weighted by Crippen LogP contribution is 2.47. The standard InChI is InChI=1S/C24H24Cl2N2O6S4/c1-2-16(13-24-28(9-10-34-37(29)30)20-15-18(26)5-7-22(20)36-24)12-23-27(8-3-11-38(31,32)33)19-14-17(25)4-6-21(19)35-23/h4-7,12-15H,2-3,8-11H2,1H3,(H-,29,30,31,32,33). The predicted molar refractivity (Wildman–Crippen MR) is 154 cm³/mol. The predicted octanol–water partition coefficient (Wildman–Crippen LogP) is 5.83. The number of aryl methyl sites for hydroxylation is 1. The summed E-state index contributed by atoms with van der Waals surface area (Å²) in [4.78, 5) is 3.01. The number of fused-ring (bicyclic) bond motifs is 2. The van der Waals surface area contributed by atoms with Gasteiger partial charge in [-0.1, -0.05) is 53.2 Å². The van der Waals surface area contributed by atoms with Gasteiger partial charge in [-0.3, -0.25) is 8.74 Å². The van der Waals surface area contributed by atoms with Gasteiger partial charge in [0.2, 0.25) is 5.52 Å². The monoisotopic (exact) mass is 634 g/mol. The van der Waals surface area contributed by atoms with Gasteiger partial charge in [0.1, 0.15) is 4.70 Å². The third-order valence-corrected chi connectivity index (χ3v) is 9.54. The van der Waals surface area contributed by atoms with Crippen LogP contribution in [0.25, 0.3) is 16.3 Å². The average molecular weight is 636 g/mol. The van der Waals surface area contributed by atoms with Gasteiger partial charge in [-0.2, -0.15) is 8.78 Å². The molecule has 2 aromatic carbocycles. The van der Waals surface area contributed by atoms with Crippen molar-refractivity contribution in [3.05, 3.63) is 68.1 Å². The number of thioether (sulfide) groups is 1. The summed E-state index contributed by atoms with van der Waals surface area (Å²) in [7, 11) is -4.32. The average Bonchev–Trinajstić information content (AvgIpc) is 3.34. The Bertz CT molecular complexity index is 1540. The van der Waals surface area contributed by atoms with Crippen molar-refractivity contribution in [1.29, 1.82) is 0 Å². The quantitative estimate of drug-likeness (QED) is 0.159. The number of halogens is 2. The second kappa shape index (κ2) is 12.8. The van der Waals surface area contributed by atoms with Crippen LogP contribution in [0.1, 0.15) is 24.8 Å². The van der Waals surface area contributed by atoms with Crippen LogP contribution in [0.2, 0.25) is 10.0 Å². The van der Waals surface area contributed by atoms with Crippen LogP contribution >= 0.6 is 46.3 Å². The summed E-state index contributed by atoms with van der Waals surface area (Å²) < 4.78 is 61.4. The van der Waals surface area contributed by atoms with Crippen molar-refractivity contribution < 1.29 is 30.5 Å². The van der Waals surface area contributed by atoms with Gasteiger partial charge in [0.25, 0.3) is 5.01 Å². The molecular weight excluding hydrogens is 611 g/mol. The molecule has 0 saturated carbocycles. The van der Waals surface area contributed by atoms with E-state index in [1.165, 1.54) is 0 Å². The number of anilines is 1. The van der Waals surface area contributed by atoms with E-state index in [1.807, 2.05) is 52.8 Å². The summed E-state index contributed by atoms with van der Waals surface area (Å²) >= 11 is 13.2. The lowest BCUT2D eigenvalue weighted by molar-refractivity contribution is -0.668. The SMILES string of the molecule is CCC(=Cc1sc2ccc(Cl)cc2[n+]1CCCS(=O)(=O)[O-])C=C1Sc2ccc(Cl)cc2N1CCOS(=O)O. The van der Waals surface area contributed by atoms with Crippen LogP contribution in [0.4, 0.5) is 5.69 Å². The fourth-order valence-corrected chi connectivity index (χ4v) is 7.31. The fourth-order valence-electron chi connectivity index (χ4n) is 3.99. The zero-order chi connectivity index (χ0) is 27.4. The topological polar surface area (TPSA) is 111 Å². The number of hydrogen-bond acceptors (Lipinski definition) is 8. The summed E-state index contributed by atoms with van der Waals surface area (Å²) in [5.41, 5.74) is 2.76. The molecule has 2 heterocycles. The molecule has 0 bridgehead atoms. The summed E-state index contributed by atoms with van der Waals surface area (Å²) in [6, 6.07) is 11.2. The molecule has 3 aromatic rings. The van der Waals surface area contributed by atoms with E-state index in [0.717, 1.165) is 36.4 Å². The highest BCUT2D eigenvalue weighted by Gasteiger charge is 2.26. The van der Waals surface area contributed by atoms with E-state index in [9.17, 15) is 17.2 Å². The van der Waals surface area contributed by atoms with E-state index >= 15 is 0 Å². The second-order valence-corrected chi connectivity index (χ2v) is 13.5. The minimum Gasteiger partial charge on any atom is -0.748 e. The summed E-state index contributed by atoms with van der Waals surface area (Å²) in [6.45, 7) is 2.77. The Kier molecular flexibility index (Phi) is 9.93. The van der Waals surface area contributed by atoms with Gasteiger partial charge >= 0.3 is 11.4 Å². The van der Waals surface area contributed by atoms with E-state index in [-0.39, 0.29) is 13.0 Å². The normalized spacial score (nSPS) is 16.0. The third kappa shape index (κ3) is 7.58. The second-order valence-electron chi connectivity index (χ2n) is 8.28. The van der Waals surface area contributed by atoms with Crippen molar-refractivity contribution in [2.75, 3.05) is 23.8 Å². The van der Waals surface area contributed by atoms with Crippen molar-refractivity contribution in [1.82, 2.24) is 0 Å². The van der Waals surface area contributed by atoms with Crippen LogP contribution in [0.5, 0.6) is 0 Å². The molecule has 0 saturated heterocycles. The van der Waals surface area contributed by atoms with E-state index in [2.05, 4.69) is 6.08 Å². The molecule has 0 aliphatic carbocycles. The molecule has 0 radical (unpaired) electrons. The highest BCUT2D eigenvalue weighted by atomic mass is 35.5. The van der Waals surface area contributed by atoms with E-state index in [0.29, 0.717) is 29.6 Å². The minimum absolute atomic E-state index is 0.0395. The molecule has 14 heteroatoms. The van der Waals surface area contributed by atoms with Crippen LogP contribution in [0, 0.1) is 0 Å². The Morgan fingerprint density at radius 1 is 1.24 bits per heavy atom. The van der Waals surface area contributed by atoms with Crippen molar-refractivity contribution in [2.24, 2.45) is 0 Å². The third-order valence-electron chi connectivity index (χ3n) is 5.69. The first-order chi connectivity index (χ1) is 18.0. The minimum atomic E-state index is -4.32. The fraction of sp³-hybridized carbons (Fsp3) is 0.292. The van der Waals surface area contributed by atoms with E-state index in [4.69, 9.17) is 31.9 Å². The summed E-state index contributed by atoms with van der Waals surface area (Å²) in [5, 5.41) is 2.96. The Balaban J connectivity index is 1.71. The molecule has 4 rings (SSSR count). The smallest absolute Gasteiger partial charge is 0.301 e. The molecule has 0 fully saturated rings. The molecule has 1 aliphatic rings. The maximum absolute atomic E-state index is 11.2. The van der Waals surface area contributed by atoms with Gasteiger partial charge in [-0.25, -0.2) is 8.42 Å². The molecule has 204 valence electrons. The molecular formula is C24H24Cl2N2O6S4. The van der Waals surface area contributed by atoms with E-state index in [1.54, 1.807) is 29.2 Å². The number of aromatic nitrogens is 1. The number of benzene rings is 2. The maximum Gasteiger partial charge on any atom is 0.301 e. The molecule has 0 spiro atoms. The van der Waals surface area contributed by atoms with Gasteiger partial charge < -0.3 is 9.45 Å². The highest BCUT2D eigenvalue weighted by molar-refractivity contribution is 8.03. The molecule has 1 N–H and O–H groups in total. The van der Waals surface area contributed by atoms with Crippen LogP contribution in [-0.2, 0) is 32.2 Å². The lowest BCUT2D eigenvalue weighted by atomic mass is 10.2. The Morgan fingerprint density at radius 3 is 2.68 bits per heavy atom. The van der Waals surface area contributed by atoms with Gasteiger partial charge in [0, 0.05) is 45.8 Å². The molecule has 1 aromatic heterocycles. The van der Waals surface area contributed by atoms with Gasteiger partial charge in [0.05, 0.1) is 27.4 Å². The van der Waals surface area contributed by atoms with Gasteiger partial charge in [-0.15, -0.1) is 0 Å².